The van der Waals surface area contributed by atoms with Crippen LogP contribution in [-0.2, 0) is 14.3 Å². The van der Waals surface area contributed by atoms with Crippen LogP contribution in [0.1, 0.15) is 12.8 Å². The van der Waals surface area contributed by atoms with Crippen molar-refractivity contribution in [2.45, 2.75) is 12.8 Å². The summed E-state index contributed by atoms with van der Waals surface area (Å²) >= 11 is 0. The predicted molar refractivity (Wildman–Crippen MR) is 59.8 cm³/mol. The summed E-state index contributed by atoms with van der Waals surface area (Å²) in [6.45, 7) is 1.95. The van der Waals surface area contributed by atoms with Crippen LogP contribution < -0.4 is 5.32 Å². The summed E-state index contributed by atoms with van der Waals surface area (Å²) in [4.78, 5) is 24.6. The van der Waals surface area contributed by atoms with Gasteiger partial charge in [0, 0.05) is 13.1 Å². The molecule has 6 heteroatoms. The van der Waals surface area contributed by atoms with Crippen molar-refractivity contribution in [3.63, 3.8) is 0 Å². The number of hydrogen-bond donors (Lipinski definition) is 1. The zero-order chi connectivity index (χ0) is 12.7. The number of rotatable bonds is 5. The Kier molecular flexibility index (Phi) is 5.43. The van der Waals surface area contributed by atoms with Gasteiger partial charge in [0.05, 0.1) is 32.1 Å². The monoisotopic (exact) mass is 239 g/mol. The average Bonchev–Trinajstić information content (AvgIpc) is 2.77. The van der Waals surface area contributed by atoms with E-state index in [0.29, 0.717) is 19.5 Å². The maximum absolute atomic E-state index is 11.4. The smallest absolute Gasteiger partial charge is 0.310 e. The van der Waals surface area contributed by atoms with Gasteiger partial charge < -0.3 is 10.1 Å². The van der Waals surface area contributed by atoms with Crippen molar-refractivity contribution in [1.82, 2.24) is 10.2 Å². The third kappa shape index (κ3) is 4.41. The Morgan fingerprint density at radius 3 is 3.00 bits per heavy atom. The van der Waals surface area contributed by atoms with Crippen molar-refractivity contribution in [2.24, 2.45) is 5.92 Å². The first-order valence-electron chi connectivity index (χ1n) is 5.61. The van der Waals surface area contributed by atoms with E-state index in [1.54, 1.807) is 0 Å². The first kappa shape index (κ1) is 13.5. The maximum Gasteiger partial charge on any atom is 0.310 e. The molecule has 0 aliphatic carbocycles. The molecular formula is C11H17N3O3. The van der Waals surface area contributed by atoms with Crippen molar-refractivity contribution < 1.29 is 14.3 Å². The van der Waals surface area contributed by atoms with Gasteiger partial charge in [0.25, 0.3) is 0 Å². The summed E-state index contributed by atoms with van der Waals surface area (Å²) in [5.41, 5.74) is 0. The molecule has 0 bridgehead atoms. The lowest BCUT2D eigenvalue weighted by Crippen LogP contribution is -2.36. The second-order valence-electron chi connectivity index (χ2n) is 4.00. The first-order chi connectivity index (χ1) is 8.17. The number of nitrogens with one attached hydrogen (secondary N) is 1. The number of amides is 1. The standard InChI is InChI=1S/C11H17N3O3/c1-17-11(16)9-3-6-14(7-9)8-10(15)13-5-2-4-12/h9H,2-3,5-8H2,1H3,(H,13,15). The summed E-state index contributed by atoms with van der Waals surface area (Å²) in [5, 5.41) is 11.0. The molecule has 17 heavy (non-hydrogen) atoms. The number of esters is 1. The van der Waals surface area contributed by atoms with Gasteiger partial charge in [-0.05, 0) is 13.0 Å². The van der Waals surface area contributed by atoms with Crippen LogP contribution in [0.25, 0.3) is 0 Å². The van der Waals surface area contributed by atoms with E-state index in [2.05, 4.69) is 10.1 Å². The Balaban J connectivity index is 2.23. The molecule has 1 aliphatic heterocycles. The summed E-state index contributed by atoms with van der Waals surface area (Å²) in [6.07, 6.45) is 1.05. The van der Waals surface area contributed by atoms with E-state index in [4.69, 9.17) is 5.26 Å². The van der Waals surface area contributed by atoms with Gasteiger partial charge in [-0.2, -0.15) is 5.26 Å². The predicted octanol–water partition coefficient (Wildman–Crippen LogP) is -0.489. The minimum atomic E-state index is -0.211. The lowest BCUT2D eigenvalue weighted by molar-refractivity contribution is -0.145. The zero-order valence-electron chi connectivity index (χ0n) is 9.94. The number of carbonyl (C=O) groups is 2. The lowest BCUT2D eigenvalue weighted by Gasteiger charge is -2.14. The Morgan fingerprint density at radius 2 is 2.35 bits per heavy atom. The van der Waals surface area contributed by atoms with Crippen LogP contribution in [-0.4, -0.2) is 50.1 Å². The summed E-state index contributed by atoms with van der Waals surface area (Å²) < 4.78 is 4.66. The average molecular weight is 239 g/mol. The third-order valence-electron chi connectivity index (χ3n) is 2.73. The number of methoxy groups -OCH3 is 1. The van der Waals surface area contributed by atoms with Crippen LogP contribution >= 0.6 is 0 Å². The van der Waals surface area contributed by atoms with Crippen molar-refractivity contribution >= 4 is 11.9 Å². The molecule has 0 spiro atoms. The molecule has 6 nitrogen and oxygen atoms in total. The van der Waals surface area contributed by atoms with Crippen molar-refractivity contribution in [1.29, 1.82) is 5.26 Å². The molecule has 1 unspecified atom stereocenters. The quantitative estimate of drug-likeness (QED) is 0.517. The van der Waals surface area contributed by atoms with Gasteiger partial charge in [-0.15, -0.1) is 0 Å². The van der Waals surface area contributed by atoms with E-state index in [9.17, 15) is 9.59 Å². The molecule has 1 N–H and O–H groups in total. The van der Waals surface area contributed by atoms with Crippen molar-refractivity contribution in [3.8, 4) is 6.07 Å². The van der Waals surface area contributed by atoms with Crippen molar-refractivity contribution in [2.75, 3.05) is 33.3 Å². The fourth-order valence-corrected chi connectivity index (χ4v) is 1.85. The van der Waals surface area contributed by atoms with Gasteiger partial charge in [-0.3, -0.25) is 14.5 Å². The number of likely N-dealkylation sites (tertiary alicyclic amines) is 1. The van der Waals surface area contributed by atoms with Crippen LogP contribution in [0.3, 0.4) is 0 Å². The molecule has 1 atom stereocenters. The highest BCUT2D eigenvalue weighted by atomic mass is 16.5. The summed E-state index contributed by atoms with van der Waals surface area (Å²) in [5.74, 6) is -0.435. The Labute approximate surface area is 101 Å². The summed E-state index contributed by atoms with van der Waals surface area (Å²) in [7, 11) is 1.37. The maximum atomic E-state index is 11.4. The SMILES string of the molecule is COC(=O)C1CCN(CC(=O)NCCC#N)C1. The van der Waals surface area contributed by atoms with E-state index < -0.39 is 0 Å². The highest BCUT2D eigenvalue weighted by Gasteiger charge is 2.29. The minimum Gasteiger partial charge on any atom is -0.469 e. The number of ether oxygens (including phenoxy) is 1. The van der Waals surface area contributed by atoms with Crippen LogP contribution in [0, 0.1) is 17.2 Å². The molecule has 0 saturated carbocycles. The lowest BCUT2D eigenvalue weighted by atomic mass is 10.1. The second-order valence-corrected chi connectivity index (χ2v) is 4.00. The highest BCUT2D eigenvalue weighted by molar-refractivity contribution is 5.78. The molecule has 1 aliphatic rings. The topological polar surface area (TPSA) is 82.4 Å². The molecule has 0 radical (unpaired) electrons. The number of nitrogens with zero attached hydrogens (tertiary/aromatic N) is 2. The molecule has 94 valence electrons. The van der Waals surface area contributed by atoms with E-state index in [-0.39, 0.29) is 24.3 Å². The number of carbonyl (C=O) groups excluding carboxylic acids is 2. The second kappa shape index (κ2) is 6.86. The Hall–Kier alpha value is -1.61. The van der Waals surface area contributed by atoms with E-state index >= 15 is 0 Å². The number of hydrogen-bond acceptors (Lipinski definition) is 5. The molecule has 0 aromatic carbocycles. The van der Waals surface area contributed by atoms with Gasteiger partial charge in [0.1, 0.15) is 0 Å². The first-order valence-corrected chi connectivity index (χ1v) is 5.61. The molecular weight excluding hydrogens is 222 g/mol. The zero-order valence-corrected chi connectivity index (χ0v) is 9.94. The fourth-order valence-electron chi connectivity index (χ4n) is 1.85. The molecule has 1 heterocycles. The molecule has 1 fully saturated rings. The fraction of sp³-hybridized carbons (Fsp3) is 0.727. The van der Waals surface area contributed by atoms with Gasteiger partial charge >= 0.3 is 5.97 Å². The largest absolute Gasteiger partial charge is 0.469 e. The molecule has 1 saturated heterocycles. The molecule has 1 amide bonds. The van der Waals surface area contributed by atoms with Crippen molar-refractivity contribution in [3.05, 3.63) is 0 Å². The van der Waals surface area contributed by atoms with E-state index in [1.807, 2.05) is 11.0 Å². The Morgan fingerprint density at radius 1 is 1.59 bits per heavy atom. The normalized spacial score (nSPS) is 19.6. The van der Waals surface area contributed by atoms with Gasteiger partial charge in [-0.1, -0.05) is 0 Å². The Bertz CT molecular complexity index is 324. The van der Waals surface area contributed by atoms with Crippen LogP contribution in [0.2, 0.25) is 0 Å². The van der Waals surface area contributed by atoms with Gasteiger partial charge in [-0.25, -0.2) is 0 Å². The van der Waals surface area contributed by atoms with Gasteiger partial charge in [0.15, 0.2) is 0 Å². The summed E-state index contributed by atoms with van der Waals surface area (Å²) in [6, 6.07) is 1.96. The van der Waals surface area contributed by atoms with Gasteiger partial charge in [0.2, 0.25) is 5.91 Å². The van der Waals surface area contributed by atoms with Crippen LogP contribution in [0.15, 0.2) is 0 Å². The molecule has 1 rings (SSSR count). The highest BCUT2D eigenvalue weighted by Crippen LogP contribution is 2.16. The molecule has 0 aromatic heterocycles. The van der Waals surface area contributed by atoms with E-state index in [0.717, 1.165) is 13.0 Å². The van der Waals surface area contributed by atoms with Crippen LogP contribution in [0.4, 0.5) is 0 Å². The molecule has 0 aromatic rings. The van der Waals surface area contributed by atoms with E-state index in [1.165, 1.54) is 7.11 Å². The van der Waals surface area contributed by atoms with Crippen LogP contribution in [0.5, 0.6) is 0 Å². The minimum absolute atomic E-state index is 0.106. The third-order valence-corrected chi connectivity index (χ3v) is 2.73. The number of nitriles is 1.